The van der Waals surface area contributed by atoms with Crippen molar-refractivity contribution in [1.29, 1.82) is 0 Å². The summed E-state index contributed by atoms with van der Waals surface area (Å²) in [5, 5.41) is 2.27. The number of hydrogen-bond donors (Lipinski definition) is 0. The quantitative estimate of drug-likeness (QED) is 0.156. The van der Waals surface area contributed by atoms with Crippen molar-refractivity contribution in [1.82, 2.24) is 0 Å². The molecule has 0 spiro atoms. The Morgan fingerprint density at radius 2 is 0.589 bits per heavy atom. The standard InChI is InChI=1S/C54H37NO/c1-3-14-38(15-4-1)46-18-7-9-20-48(46)40-26-32-43(33-27-40)55(44-34-28-41(29-35-44)49-21-10-8-19-47(49)39-16-5-2-6-17-39)45-36-30-42(31-37-45)50-23-13-24-52-51-22-11-12-25-53(51)56-54(50)52/h1-37H. The van der Waals surface area contributed by atoms with Crippen molar-refractivity contribution >= 4 is 39.0 Å². The lowest BCUT2D eigenvalue weighted by Gasteiger charge is -2.26. The summed E-state index contributed by atoms with van der Waals surface area (Å²) in [6.07, 6.45) is 0. The number of nitrogens with zero attached hydrogens (tertiary/aromatic N) is 1. The first-order valence-electron chi connectivity index (χ1n) is 19.1. The summed E-state index contributed by atoms with van der Waals surface area (Å²) in [5.41, 5.74) is 16.9. The Hall–Kier alpha value is -7.42. The first-order chi connectivity index (χ1) is 27.8. The number of benzene rings is 9. The van der Waals surface area contributed by atoms with Gasteiger partial charge in [-0.25, -0.2) is 0 Å². The zero-order valence-corrected chi connectivity index (χ0v) is 30.7. The smallest absolute Gasteiger partial charge is 0.143 e. The lowest BCUT2D eigenvalue weighted by Crippen LogP contribution is -2.09. The first kappa shape index (κ1) is 33.2. The van der Waals surface area contributed by atoms with Crippen molar-refractivity contribution in [3.05, 3.63) is 224 Å². The molecule has 0 aliphatic carbocycles. The van der Waals surface area contributed by atoms with Crippen LogP contribution in [0.1, 0.15) is 0 Å². The van der Waals surface area contributed by atoms with E-state index in [1.165, 1.54) is 44.5 Å². The molecule has 56 heavy (non-hydrogen) atoms. The number of anilines is 3. The predicted molar refractivity (Wildman–Crippen MR) is 236 cm³/mol. The van der Waals surface area contributed by atoms with Crippen LogP contribution in [0.3, 0.4) is 0 Å². The van der Waals surface area contributed by atoms with Crippen LogP contribution in [0.4, 0.5) is 17.1 Å². The van der Waals surface area contributed by atoms with Gasteiger partial charge >= 0.3 is 0 Å². The summed E-state index contributed by atoms with van der Waals surface area (Å²) in [5.74, 6) is 0. The van der Waals surface area contributed by atoms with Crippen LogP contribution in [0.2, 0.25) is 0 Å². The van der Waals surface area contributed by atoms with Crippen LogP contribution in [0.5, 0.6) is 0 Å². The zero-order chi connectivity index (χ0) is 37.3. The largest absolute Gasteiger partial charge is 0.455 e. The van der Waals surface area contributed by atoms with Crippen molar-refractivity contribution < 1.29 is 4.42 Å². The molecule has 0 radical (unpaired) electrons. The molecular formula is C54H37NO. The molecule has 0 bridgehead atoms. The Morgan fingerprint density at radius 3 is 1.05 bits per heavy atom. The van der Waals surface area contributed by atoms with Crippen molar-refractivity contribution in [3.8, 4) is 55.6 Å². The zero-order valence-electron chi connectivity index (χ0n) is 30.7. The normalized spacial score (nSPS) is 11.2. The highest BCUT2D eigenvalue weighted by Gasteiger charge is 2.17. The van der Waals surface area contributed by atoms with Crippen LogP contribution in [0.25, 0.3) is 77.6 Å². The number of furan rings is 1. The lowest BCUT2D eigenvalue weighted by molar-refractivity contribution is 0.670. The van der Waals surface area contributed by atoms with E-state index in [4.69, 9.17) is 4.42 Å². The molecular weight excluding hydrogens is 679 g/mol. The minimum atomic E-state index is 0.905. The highest BCUT2D eigenvalue weighted by atomic mass is 16.3. The van der Waals surface area contributed by atoms with Gasteiger partial charge in [0.05, 0.1) is 0 Å². The molecule has 1 aromatic heterocycles. The fraction of sp³-hybridized carbons (Fsp3) is 0. The van der Waals surface area contributed by atoms with E-state index in [0.717, 1.165) is 50.1 Å². The number of rotatable bonds is 8. The third kappa shape index (κ3) is 6.14. The average Bonchev–Trinajstić information content (AvgIpc) is 3.67. The maximum absolute atomic E-state index is 6.41. The van der Waals surface area contributed by atoms with Gasteiger partial charge in [0.25, 0.3) is 0 Å². The fourth-order valence-electron chi connectivity index (χ4n) is 8.00. The van der Waals surface area contributed by atoms with Crippen LogP contribution >= 0.6 is 0 Å². The van der Waals surface area contributed by atoms with Gasteiger partial charge in [-0.05, 0) is 92.5 Å². The Bertz CT molecular complexity index is 2800. The summed E-state index contributed by atoms with van der Waals surface area (Å²) in [6, 6.07) is 79.9. The molecule has 264 valence electrons. The van der Waals surface area contributed by atoms with Crippen molar-refractivity contribution in [2.75, 3.05) is 4.90 Å². The van der Waals surface area contributed by atoms with Crippen LogP contribution in [0, 0.1) is 0 Å². The SMILES string of the molecule is c1ccc(-c2ccccc2-c2ccc(N(c3ccc(-c4ccccc4-c4ccccc4)cc3)c3ccc(-c4cccc5c4oc4ccccc45)cc3)cc2)cc1. The maximum Gasteiger partial charge on any atom is 0.143 e. The molecule has 1 heterocycles. The lowest BCUT2D eigenvalue weighted by atomic mass is 9.94. The van der Waals surface area contributed by atoms with E-state index in [-0.39, 0.29) is 0 Å². The van der Waals surface area contributed by atoms with E-state index < -0.39 is 0 Å². The van der Waals surface area contributed by atoms with Crippen molar-refractivity contribution in [3.63, 3.8) is 0 Å². The molecule has 0 saturated heterocycles. The Kier molecular flexibility index (Phi) is 8.55. The minimum Gasteiger partial charge on any atom is -0.455 e. The van der Waals surface area contributed by atoms with Gasteiger partial charge in [-0.2, -0.15) is 0 Å². The maximum atomic E-state index is 6.41. The fourth-order valence-corrected chi connectivity index (χ4v) is 8.00. The number of para-hydroxylation sites is 2. The predicted octanol–water partition coefficient (Wildman–Crippen LogP) is 15.4. The Balaban J connectivity index is 1.05. The summed E-state index contributed by atoms with van der Waals surface area (Å²) >= 11 is 0. The summed E-state index contributed by atoms with van der Waals surface area (Å²) in [6.45, 7) is 0. The van der Waals surface area contributed by atoms with E-state index in [1.807, 2.05) is 12.1 Å². The van der Waals surface area contributed by atoms with Crippen LogP contribution in [-0.4, -0.2) is 0 Å². The summed E-state index contributed by atoms with van der Waals surface area (Å²) in [7, 11) is 0. The van der Waals surface area contributed by atoms with Gasteiger partial charge in [-0.3, -0.25) is 0 Å². The van der Waals surface area contributed by atoms with Gasteiger partial charge < -0.3 is 9.32 Å². The molecule has 0 aliphatic rings. The third-order valence-electron chi connectivity index (χ3n) is 10.7. The Labute approximate surface area is 327 Å². The molecule has 0 saturated carbocycles. The van der Waals surface area contributed by atoms with Gasteiger partial charge in [-0.1, -0.05) is 182 Å². The van der Waals surface area contributed by atoms with Gasteiger partial charge in [0.1, 0.15) is 11.2 Å². The van der Waals surface area contributed by atoms with Gasteiger partial charge in [-0.15, -0.1) is 0 Å². The second-order valence-electron chi connectivity index (χ2n) is 14.1. The van der Waals surface area contributed by atoms with Crippen LogP contribution in [-0.2, 0) is 0 Å². The third-order valence-corrected chi connectivity index (χ3v) is 10.7. The van der Waals surface area contributed by atoms with Gasteiger partial charge in [0.15, 0.2) is 0 Å². The van der Waals surface area contributed by atoms with Gasteiger partial charge in [0, 0.05) is 33.4 Å². The second kappa shape index (κ2) is 14.4. The Morgan fingerprint density at radius 1 is 0.250 bits per heavy atom. The van der Waals surface area contributed by atoms with Crippen LogP contribution < -0.4 is 4.90 Å². The summed E-state index contributed by atoms with van der Waals surface area (Å²) < 4.78 is 6.41. The highest BCUT2D eigenvalue weighted by Crippen LogP contribution is 2.41. The molecule has 9 aromatic carbocycles. The van der Waals surface area contributed by atoms with Crippen molar-refractivity contribution in [2.24, 2.45) is 0 Å². The molecule has 10 rings (SSSR count). The van der Waals surface area contributed by atoms with E-state index in [2.05, 4.69) is 217 Å². The monoisotopic (exact) mass is 715 g/mol. The van der Waals surface area contributed by atoms with Crippen LogP contribution in [0.15, 0.2) is 229 Å². The molecule has 2 nitrogen and oxygen atoms in total. The molecule has 0 N–H and O–H groups in total. The summed E-state index contributed by atoms with van der Waals surface area (Å²) in [4.78, 5) is 2.34. The molecule has 0 unspecified atom stereocenters. The van der Waals surface area contributed by atoms with Gasteiger partial charge in [0.2, 0.25) is 0 Å². The average molecular weight is 716 g/mol. The first-order valence-corrected chi connectivity index (χ1v) is 19.1. The molecule has 10 aromatic rings. The van der Waals surface area contributed by atoms with E-state index in [0.29, 0.717) is 0 Å². The van der Waals surface area contributed by atoms with E-state index in [9.17, 15) is 0 Å². The second-order valence-corrected chi connectivity index (χ2v) is 14.1. The van der Waals surface area contributed by atoms with Crippen molar-refractivity contribution in [2.45, 2.75) is 0 Å². The molecule has 0 amide bonds. The van der Waals surface area contributed by atoms with E-state index in [1.54, 1.807) is 0 Å². The number of fused-ring (bicyclic) bond motifs is 3. The minimum absolute atomic E-state index is 0.905. The molecule has 0 atom stereocenters. The highest BCUT2D eigenvalue weighted by molar-refractivity contribution is 6.09. The molecule has 0 aliphatic heterocycles. The molecule has 2 heteroatoms. The van der Waals surface area contributed by atoms with E-state index >= 15 is 0 Å². The number of hydrogen-bond acceptors (Lipinski definition) is 2. The molecule has 0 fully saturated rings. The topological polar surface area (TPSA) is 16.4 Å².